The molecule has 25 heavy (non-hydrogen) atoms. The molecule has 0 radical (unpaired) electrons. The van der Waals surface area contributed by atoms with Gasteiger partial charge in [-0.3, -0.25) is 14.4 Å². The summed E-state index contributed by atoms with van der Waals surface area (Å²) in [5.74, 6) is -0.952. The molecule has 0 saturated heterocycles. The van der Waals surface area contributed by atoms with Gasteiger partial charge in [0.2, 0.25) is 0 Å². The molecule has 5 nitrogen and oxygen atoms in total. The van der Waals surface area contributed by atoms with E-state index in [0.717, 1.165) is 10.4 Å². The Morgan fingerprint density at radius 3 is 2.08 bits per heavy atom. The van der Waals surface area contributed by atoms with Gasteiger partial charge in [0.1, 0.15) is 0 Å². The molecule has 6 heteroatoms. The summed E-state index contributed by atoms with van der Waals surface area (Å²) in [6.07, 6.45) is 0. The van der Waals surface area contributed by atoms with Crippen LogP contribution >= 0.6 is 11.3 Å². The summed E-state index contributed by atoms with van der Waals surface area (Å²) >= 11 is 1.39. The molecule has 3 aromatic rings. The quantitative estimate of drug-likeness (QED) is 0.529. The van der Waals surface area contributed by atoms with Gasteiger partial charge in [-0.1, -0.05) is 30.3 Å². The van der Waals surface area contributed by atoms with Crippen molar-refractivity contribution in [2.24, 2.45) is 0 Å². The fraction of sp³-hybridized carbons (Fsp3) is 0.105. The Bertz CT molecular complexity index is 1020. The van der Waals surface area contributed by atoms with E-state index in [0.29, 0.717) is 10.1 Å². The third kappa shape index (κ3) is 3.75. The van der Waals surface area contributed by atoms with Crippen LogP contribution in [0.2, 0.25) is 0 Å². The minimum atomic E-state index is -0.565. The van der Waals surface area contributed by atoms with Gasteiger partial charge in [-0.25, -0.2) is 0 Å². The Morgan fingerprint density at radius 2 is 1.48 bits per heavy atom. The zero-order chi connectivity index (χ0) is 18.0. The second-order valence-electron chi connectivity index (χ2n) is 5.32. The summed E-state index contributed by atoms with van der Waals surface area (Å²) in [6, 6.07) is 14.0. The third-order valence-electron chi connectivity index (χ3n) is 3.36. The zero-order valence-electron chi connectivity index (χ0n) is 13.6. The molecule has 3 rings (SSSR count). The normalized spacial score (nSPS) is 10.5. The van der Waals surface area contributed by atoms with Crippen molar-refractivity contribution >= 4 is 33.4 Å². The summed E-state index contributed by atoms with van der Waals surface area (Å²) in [4.78, 5) is 35.9. The number of hydrogen-bond acceptors (Lipinski definition) is 6. The summed E-state index contributed by atoms with van der Waals surface area (Å²) in [5.41, 5.74) is 0.722. The second kappa shape index (κ2) is 6.86. The maximum Gasteiger partial charge on any atom is 0.308 e. The van der Waals surface area contributed by atoms with E-state index in [1.165, 1.54) is 31.3 Å². The topological polar surface area (TPSA) is 69.7 Å². The van der Waals surface area contributed by atoms with Crippen molar-refractivity contribution in [1.29, 1.82) is 0 Å². The first kappa shape index (κ1) is 16.9. The fourth-order valence-electron chi connectivity index (χ4n) is 2.38. The SMILES string of the molecule is CC(=O)Oc1cc2sc(-c3ccccc3)cc(=O)c2cc1OC(C)=O. The van der Waals surface area contributed by atoms with Gasteiger partial charge in [-0.05, 0) is 11.6 Å². The van der Waals surface area contributed by atoms with Crippen LogP contribution in [-0.4, -0.2) is 11.9 Å². The standard InChI is InChI=1S/C19H14O5S/c1-11(20)23-16-8-14-15(22)9-18(13-6-4-3-5-7-13)25-19(14)10-17(16)24-12(2)21/h3-10H,1-2H3. The number of carbonyl (C=O) groups excluding carboxylic acids is 2. The number of fused-ring (bicyclic) bond motifs is 1. The predicted molar refractivity (Wildman–Crippen MR) is 96.1 cm³/mol. The van der Waals surface area contributed by atoms with Gasteiger partial charge in [0.25, 0.3) is 0 Å². The van der Waals surface area contributed by atoms with Gasteiger partial charge < -0.3 is 9.47 Å². The number of ether oxygens (including phenoxy) is 2. The second-order valence-corrected chi connectivity index (χ2v) is 6.41. The van der Waals surface area contributed by atoms with Crippen molar-refractivity contribution in [3.05, 3.63) is 58.8 Å². The van der Waals surface area contributed by atoms with Gasteiger partial charge in [0.15, 0.2) is 16.9 Å². The molecule has 0 atom stereocenters. The van der Waals surface area contributed by atoms with E-state index in [9.17, 15) is 14.4 Å². The van der Waals surface area contributed by atoms with Crippen molar-refractivity contribution in [3.63, 3.8) is 0 Å². The highest BCUT2D eigenvalue weighted by Crippen LogP contribution is 2.36. The lowest BCUT2D eigenvalue weighted by Gasteiger charge is -2.10. The summed E-state index contributed by atoms with van der Waals surface area (Å²) in [5, 5.41) is 0.400. The van der Waals surface area contributed by atoms with Crippen LogP contribution in [0, 0.1) is 0 Å². The monoisotopic (exact) mass is 354 g/mol. The molecule has 0 aliphatic heterocycles. The average Bonchev–Trinajstić information content (AvgIpc) is 2.55. The number of esters is 2. The van der Waals surface area contributed by atoms with Gasteiger partial charge in [-0.2, -0.15) is 0 Å². The number of benzene rings is 2. The molecule has 0 N–H and O–H groups in total. The minimum Gasteiger partial charge on any atom is -0.423 e. The minimum absolute atomic E-state index is 0.0481. The summed E-state index contributed by atoms with van der Waals surface area (Å²) in [7, 11) is 0. The van der Waals surface area contributed by atoms with Gasteiger partial charge in [0.05, 0.1) is 0 Å². The molecule has 0 aliphatic rings. The van der Waals surface area contributed by atoms with E-state index in [-0.39, 0.29) is 16.9 Å². The van der Waals surface area contributed by atoms with Crippen LogP contribution in [0.1, 0.15) is 13.8 Å². The van der Waals surface area contributed by atoms with Gasteiger partial charge in [-0.15, -0.1) is 11.3 Å². The molecule has 0 aliphatic carbocycles. The van der Waals surface area contributed by atoms with Crippen LogP contribution in [0.25, 0.3) is 20.5 Å². The zero-order valence-corrected chi connectivity index (χ0v) is 14.4. The van der Waals surface area contributed by atoms with Gasteiger partial charge >= 0.3 is 11.9 Å². The molecule has 0 amide bonds. The van der Waals surface area contributed by atoms with Crippen LogP contribution in [0.15, 0.2) is 53.3 Å². The predicted octanol–water partition coefficient (Wildman–Crippen LogP) is 3.78. The van der Waals surface area contributed by atoms with Crippen LogP contribution in [0.4, 0.5) is 0 Å². The highest BCUT2D eigenvalue weighted by atomic mass is 32.1. The summed E-state index contributed by atoms with van der Waals surface area (Å²) < 4.78 is 10.8. The molecule has 2 aromatic carbocycles. The lowest BCUT2D eigenvalue weighted by atomic mass is 10.1. The van der Waals surface area contributed by atoms with Crippen LogP contribution in [-0.2, 0) is 9.59 Å². The van der Waals surface area contributed by atoms with E-state index < -0.39 is 11.9 Å². The van der Waals surface area contributed by atoms with E-state index >= 15 is 0 Å². The maximum atomic E-state index is 12.5. The first-order chi connectivity index (χ1) is 11.9. The molecule has 126 valence electrons. The van der Waals surface area contributed by atoms with E-state index in [1.54, 1.807) is 12.1 Å². The van der Waals surface area contributed by atoms with Crippen molar-refractivity contribution in [2.75, 3.05) is 0 Å². The Labute approximate surface area is 147 Å². The maximum absolute atomic E-state index is 12.5. The van der Waals surface area contributed by atoms with Crippen LogP contribution in [0.3, 0.4) is 0 Å². The van der Waals surface area contributed by atoms with Crippen molar-refractivity contribution < 1.29 is 19.1 Å². The summed E-state index contributed by atoms with van der Waals surface area (Å²) in [6.45, 7) is 2.49. The van der Waals surface area contributed by atoms with Crippen LogP contribution < -0.4 is 14.9 Å². The smallest absolute Gasteiger partial charge is 0.308 e. The fourth-order valence-corrected chi connectivity index (χ4v) is 3.47. The Balaban J connectivity index is 2.21. The molecule has 1 aromatic heterocycles. The van der Waals surface area contributed by atoms with Crippen LogP contribution in [0.5, 0.6) is 11.5 Å². The number of carbonyl (C=O) groups is 2. The average molecular weight is 354 g/mol. The molecular formula is C19H14O5S. The van der Waals surface area contributed by atoms with E-state index in [4.69, 9.17) is 9.47 Å². The first-order valence-corrected chi connectivity index (χ1v) is 8.30. The number of hydrogen-bond donors (Lipinski definition) is 0. The molecule has 0 saturated carbocycles. The van der Waals surface area contributed by atoms with Crippen molar-refractivity contribution in [3.8, 4) is 21.9 Å². The number of rotatable bonds is 3. The molecule has 1 heterocycles. The molecule has 0 unspecified atom stereocenters. The largest absolute Gasteiger partial charge is 0.423 e. The Hall–Kier alpha value is -2.99. The highest BCUT2D eigenvalue weighted by Gasteiger charge is 2.15. The third-order valence-corrected chi connectivity index (χ3v) is 4.49. The van der Waals surface area contributed by atoms with Crippen molar-refractivity contribution in [2.45, 2.75) is 13.8 Å². The van der Waals surface area contributed by atoms with Gasteiger partial charge in [0, 0.05) is 40.9 Å². The van der Waals surface area contributed by atoms with Crippen molar-refractivity contribution in [1.82, 2.24) is 0 Å². The van der Waals surface area contributed by atoms with E-state index in [1.807, 2.05) is 30.3 Å². The Kier molecular flexibility index (Phi) is 4.63. The molecule has 0 spiro atoms. The Morgan fingerprint density at radius 1 is 0.880 bits per heavy atom. The lowest BCUT2D eigenvalue weighted by Crippen LogP contribution is -2.08. The van der Waals surface area contributed by atoms with E-state index in [2.05, 4.69) is 0 Å². The lowest BCUT2D eigenvalue weighted by molar-refractivity contribution is -0.134. The first-order valence-electron chi connectivity index (χ1n) is 7.48. The molecule has 0 bridgehead atoms. The highest BCUT2D eigenvalue weighted by molar-refractivity contribution is 7.21. The molecular weight excluding hydrogens is 340 g/mol. The molecule has 0 fully saturated rings.